The van der Waals surface area contributed by atoms with Gasteiger partial charge >= 0.3 is 5.97 Å². The van der Waals surface area contributed by atoms with Crippen molar-refractivity contribution in [3.8, 4) is 5.69 Å². The minimum absolute atomic E-state index is 0.126. The van der Waals surface area contributed by atoms with Gasteiger partial charge in [0, 0.05) is 42.8 Å². The molecule has 2 aromatic rings. The number of benzene rings is 1. The summed E-state index contributed by atoms with van der Waals surface area (Å²) in [6.07, 6.45) is 0.159. The Morgan fingerprint density at radius 2 is 1.58 bits per heavy atom. The Hall–Kier alpha value is -2.60. The second-order valence-corrected chi connectivity index (χ2v) is 6.11. The second-order valence-electron chi connectivity index (χ2n) is 6.11. The van der Waals surface area contributed by atoms with Gasteiger partial charge in [-0.05, 0) is 50.2 Å². The summed E-state index contributed by atoms with van der Waals surface area (Å²) in [6, 6.07) is 11.6. The van der Waals surface area contributed by atoms with Crippen molar-refractivity contribution in [2.24, 2.45) is 0 Å². The van der Waals surface area contributed by atoms with E-state index < -0.39 is 0 Å². The maximum absolute atomic E-state index is 12.8. The Morgan fingerprint density at radius 1 is 0.962 bits per heavy atom. The fraction of sp³-hybridized carbons (Fsp3) is 0.400. The molecule has 0 saturated carbocycles. The summed E-state index contributed by atoms with van der Waals surface area (Å²) < 4.78 is 11.9. The molecular weight excluding hydrogens is 332 g/mol. The van der Waals surface area contributed by atoms with Gasteiger partial charge in [-0.15, -0.1) is 0 Å². The summed E-state index contributed by atoms with van der Waals surface area (Å²) in [5, 5.41) is 0. The van der Waals surface area contributed by atoms with Crippen molar-refractivity contribution in [2.75, 3.05) is 33.9 Å². The summed E-state index contributed by atoms with van der Waals surface area (Å²) in [7, 11) is 2.92. The summed E-state index contributed by atoms with van der Waals surface area (Å²) in [5.41, 5.74) is 3.87. The largest absolute Gasteiger partial charge is 0.469 e. The molecule has 0 bridgehead atoms. The zero-order valence-corrected chi connectivity index (χ0v) is 15.8. The van der Waals surface area contributed by atoms with Gasteiger partial charge < -0.3 is 18.9 Å². The molecule has 2 rings (SSSR count). The normalized spacial score (nSPS) is 10.6. The van der Waals surface area contributed by atoms with Gasteiger partial charge in [0.15, 0.2) is 0 Å². The van der Waals surface area contributed by atoms with Crippen LogP contribution in [0.25, 0.3) is 5.69 Å². The van der Waals surface area contributed by atoms with E-state index in [1.807, 2.05) is 38.1 Å². The number of aromatic nitrogens is 1. The molecule has 0 aliphatic heterocycles. The first-order chi connectivity index (χ1) is 12.5. The van der Waals surface area contributed by atoms with Crippen molar-refractivity contribution in [1.82, 2.24) is 9.47 Å². The molecule has 6 heteroatoms. The van der Waals surface area contributed by atoms with Gasteiger partial charge in [-0.3, -0.25) is 9.59 Å². The summed E-state index contributed by atoms with van der Waals surface area (Å²) >= 11 is 0. The van der Waals surface area contributed by atoms with Crippen molar-refractivity contribution in [1.29, 1.82) is 0 Å². The fourth-order valence-electron chi connectivity index (χ4n) is 2.86. The van der Waals surface area contributed by atoms with Crippen LogP contribution in [-0.2, 0) is 14.3 Å². The maximum atomic E-state index is 12.8. The molecule has 1 aromatic heterocycles. The van der Waals surface area contributed by atoms with Crippen LogP contribution in [0, 0.1) is 13.8 Å². The predicted molar refractivity (Wildman–Crippen MR) is 99.7 cm³/mol. The lowest BCUT2D eigenvalue weighted by Gasteiger charge is -2.22. The van der Waals surface area contributed by atoms with Crippen molar-refractivity contribution in [3.63, 3.8) is 0 Å². The van der Waals surface area contributed by atoms with Gasteiger partial charge in [-0.2, -0.15) is 0 Å². The van der Waals surface area contributed by atoms with Crippen molar-refractivity contribution in [2.45, 2.75) is 20.3 Å². The zero-order valence-electron chi connectivity index (χ0n) is 15.8. The standard InChI is InChI=1S/C20H26N2O4/c1-15-5-6-16(2)22(15)18-9-7-17(8-10-18)20(24)21(13-14-25-3)12-11-19(23)26-4/h5-10H,11-14H2,1-4H3. The highest BCUT2D eigenvalue weighted by Crippen LogP contribution is 2.17. The van der Waals surface area contributed by atoms with Crippen LogP contribution in [-0.4, -0.2) is 55.3 Å². The van der Waals surface area contributed by atoms with Crippen molar-refractivity contribution < 1.29 is 19.1 Å². The maximum Gasteiger partial charge on any atom is 0.307 e. The number of hydrogen-bond acceptors (Lipinski definition) is 4. The van der Waals surface area contributed by atoms with Crippen molar-refractivity contribution >= 4 is 11.9 Å². The molecule has 0 saturated heterocycles. The molecule has 0 atom stereocenters. The first-order valence-electron chi connectivity index (χ1n) is 8.58. The lowest BCUT2D eigenvalue weighted by Crippen LogP contribution is -2.35. The molecule has 0 radical (unpaired) electrons. The first-order valence-corrected chi connectivity index (χ1v) is 8.58. The molecule has 0 fully saturated rings. The molecule has 6 nitrogen and oxygen atoms in total. The Bertz CT molecular complexity index is 730. The number of aryl methyl sites for hydroxylation is 2. The number of carbonyl (C=O) groups excluding carboxylic acids is 2. The number of ether oxygens (including phenoxy) is 2. The van der Waals surface area contributed by atoms with Crippen LogP contribution in [0.3, 0.4) is 0 Å². The number of esters is 1. The average molecular weight is 358 g/mol. The van der Waals surface area contributed by atoms with E-state index in [1.165, 1.54) is 7.11 Å². The van der Waals surface area contributed by atoms with E-state index in [9.17, 15) is 9.59 Å². The Labute approximate surface area is 154 Å². The number of hydrogen-bond donors (Lipinski definition) is 0. The minimum atomic E-state index is -0.339. The molecule has 0 aliphatic rings. The molecular formula is C20H26N2O4. The van der Waals surface area contributed by atoms with Gasteiger partial charge in [-0.1, -0.05) is 0 Å². The number of rotatable bonds is 8. The Morgan fingerprint density at radius 3 is 2.12 bits per heavy atom. The highest BCUT2D eigenvalue weighted by Gasteiger charge is 2.17. The molecule has 1 heterocycles. The molecule has 0 spiro atoms. The summed E-state index contributed by atoms with van der Waals surface area (Å²) in [4.78, 5) is 25.8. The van der Waals surface area contributed by atoms with Gasteiger partial charge in [0.1, 0.15) is 0 Å². The molecule has 140 valence electrons. The molecule has 0 unspecified atom stereocenters. The Kier molecular flexibility index (Phi) is 6.97. The SMILES string of the molecule is COCCN(CCC(=O)OC)C(=O)c1ccc(-n2c(C)ccc2C)cc1. The van der Waals surface area contributed by atoms with E-state index in [0.29, 0.717) is 25.3 Å². The van der Waals surface area contributed by atoms with Crippen LogP contribution >= 0.6 is 0 Å². The van der Waals surface area contributed by atoms with Gasteiger partial charge in [0.05, 0.1) is 20.1 Å². The van der Waals surface area contributed by atoms with Crippen LogP contribution in [0.15, 0.2) is 36.4 Å². The molecule has 1 amide bonds. The van der Waals surface area contributed by atoms with E-state index in [4.69, 9.17) is 4.74 Å². The van der Waals surface area contributed by atoms with Gasteiger partial charge in [-0.25, -0.2) is 0 Å². The van der Waals surface area contributed by atoms with Gasteiger partial charge in [0.25, 0.3) is 5.91 Å². The van der Waals surface area contributed by atoms with Crippen molar-refractivity contribution in [3.05, 3.63) is 53.3 Å². The summed E-state index contributed by atoms with van der Waals surface area (Å²) in [6.45, 7) is 5.22. The highest BCUT2D eigenvalue weighted by atomic mass is 16.5. The van der Waals surface area contributed by atoms with Crippen LogP contribution in [0.4, 0.5) is 0 Å². The third-order valence-corrected chi connectivity index (χ3v) is 4.31. The highest BCUT2D eigenvalue weighted by molar-refractivity contribution is 5.94. The lowest BCUT2D eigenvalue weighted by atomic mass is 10.1. The molecule has 0 aliphatic carbocycles. The third-order valence-electron chi connectivity index (χ3n) is 4.31. The van der Waals surface area contributed by atoms with E-state index >= 15 is 0 Å². The fourth-order valence-corrected chi connectivity index (χ4v) is 2.86. The quantitative estimate of drug-likeness (QED) is 0.681. The van der Waals surface area contributed by atoms with E-state index in [2.05, 4.69) is 21.4 Å². The molecule has 1 aromatic carbocycles. The third kappa shape index (κ3) is 4.73. The topological polar surface area (TPSA) is 60.8 Å². The number of methoxy groups -OCH3 is 2. The first kappa shape index (κ1) is 19.7. The van der Waals surface area contributed by atoms with E-state index in [1.54, 1.807) is 12.0 Å². The lowest BCUT2D eigenvalue weighted by molar-refractivity contribution is -0.140. The number of nitrogens with zero attached hydrogens (tertiary/aromatic N) is 2. The minimum Gasteiger partial charge on any atom is -0.469 e. The predicted octanol–water partition coefficient (Wildman–Crippen LogP) is 2.75. The monoisotopic (exact) mass is 358 g/mol. The van der Waals surface area contributed by atoms with Crippen LogP contribution in [0.5, 0.6) is 0 Å². The molecule has 26 heavy (non-hydrogen) atoms. The van der Waals surface area contributed by atoms with E-state index in [0.717, 1.165) is 17.1 Å². The van der Waals surface area contributed by atoms with Crippen LogP contribution in [0.1, 0.15) is 28.2 Å². The van der Waals surface area contributed by atoms with Crippen LogP contribution in [0.2, 0.25) is 0 Å². The second kappa shape index (κ2) is 9.20. The number of carbonyl (C=O) groups is 2. The smallest absolute Gasteiger partial charge is 0.307 e. The average Bonchev–Trinajstić information content (AvgIpc) is 2.99. The van der Waals surface area contributed by atoms with Gasteiger partial charge in [0.2, 0.25) is 0 Å². The van der Waals surface area contributed by atoms with E-state index in [-0.39, 0.29) is 18.3 Å². The Balaban J connectivity index is 2.15. The molecule has 0 N–H and O–H groups in total. The van der Waals surface area contributed by atoms with Crippen LogP contribution < -0.4 is 0 Å². The zero-order chi connectivity index (χ0) is 19.1. The summed E-state index contributed by atoms with van der Waals surface area (Å²) in [5.74, 6) is -0.465. The number of amides is 1.